The Hall–Kier alpha value is -1.10. The van der Waals surface area contributed by atoms with Crippen molar-refractivity contribution >= 4 is 11.9 Å². The fourth-order valence-electron chi connectivity index (χ4n) is 1.11. The molecule has 1 N–H and O–H groups in total. The van der Waals surface area contributed by atoms with Gasteiger partial charge in [0.1, 0.15) is 0 Å². The molecular weight excluding hydrogens is 200 g/mol. The highest BCUT2D eigenvalue weighted by Gasteiger charge is 2.35. The zero-order valence-electron chi connectivity index (χ0n) is 9.15. The average molecular weight is 216 g/mol. The maximum Gasteiger partial charge on any atom is 0.338 e. The van der Waals surface area contributed by atoms with Gasteiger partial charge in [-0.1, -0.05) is 20.8 Å². The van der Waals surface area contributed by atoms with Crippen LogP contribution in [-0.4, -0.2) is 29.4 Å². The van der Waals surface area contributed by atoms with E-state index in [1.165, 1.54) is 0 Å². The van der Waals surface area contributed by atoms with Gasteiger partial charge in [0.25, 0.3) is 6.29 Å². The number of ether oxygens (including phenoxy) is 2. The van der Waals surface area contributed by atoms with Gasteiger partial charge in [0.15, 0.2) is 6.10 Å². The normalized spacial score (nSPS) is 28.8. The lowest BCUT2D eigenvalue weighted by Gasteiger charge is -2.31. The first-order chi connectivity index (χ1) is 6.80. The van der Waals surface area contributed by atoms with Crippen molar-refractivity contribution in [3.8, 4) is 0 Å². The summed E-state index contributed by atoms with van der Waals surface area (Å²) < 4.78 is 9.89. The molecule has 0 bridgehead atoms. The number of hydrogen-bond acceptors (Lipinski definition) is 5. The van der Waals surface area contributed by atoms with E-state index in [9.17, 15) is 14.7 Å². The second-order valence-corrected chi connectivity index (χ2v) is 4.68. The van der Waals surface area contributed by atoms with Crippen LogP contribution in [0, 0.1) is 5.41 Å². The molecule has 2 unspecified atom stereocenters. The number of aliphatic hydroxyl groups excluding tert-OH is 1. The number of aliphatic hydroxyl groups is 1. The number of hydrogen-bond donors (Lipinski definition) is 1. The van der Waals surface area contributed by atoms with E-state index in [1.807, 2.05) is 0 Å². The fourth-order valence-corrected chi connectivity index (χ4v) is 1.11. The summed E-state index contributed by atoms with van der Waals surface area (Å²) in [6.45, 7) is 5.35. The van der Waals surface area contributed by atoms with Gasteiger partial charge >= 0.3 is 11.9 Å². The van der Waals surface area contributed by atoms with Crippen molar-refractivity contribution in [2.75, 3.05) is 0 Å². The molecular formula is C10H16O5. The predicted molar refractivity (Wildman–Crippen MR) is 50.7 cm³/mol. The molecule has 0 aromatic carbocycles. The smallest absolute Gasteiger partial charge is 0.338 e. The minimum absolute atomic E-state index is 0.0306. The van der Waals surface area contributed by atoms with Crippen LogP contribution in [-0.2, 0) is 19.1 Å². The minimum atomic E-state index is -1.23. The highest BCUT2D eigenvalue weighted by atomic mass is 16.7. The summed E-state index contributed by atoms with van der Waals surface area (Å²) in [4.78, 5) is 22.5. The van der Waals surface area contributed by atoms with Gasteiger partial charge in [-0.3, -0.25) is 4.79 Å². The molecule has 0 aromatic rings. The SMILES string of the molecule is CC(C)(C)C1OC(=O)CCC(O)C(=O)O1. The fraction of sp³-hybridized carbons (Fsp3) is 0.800. The maximum absolute atomic E-state index is 11.3. The molecule has 15 heavy (non-hydrogen) atoms. The Morgan fingerprint density at radius 3 is 2.40 bits per heavy atom. The third-order valence-electron chi connectivity index (χ3n) is 2.06. The molecule has 2 atom stereocenters. The largest absolute Gasteiger partial charge is 0.425 e. The highest BCUT2D eigenvalue weighted by molar-refractivity contribution is 5.77. The molecule has 5 heteroatoms. The van der Waals surface area contributed by atoms with E-state index < -0.39 is 29.7 Å². The van der Waals surface area contributed by atoms with Crippen LogP contribution in [0.1, 0.15) is 33.6 Å². The predicted octanol–water partition coefficient (Wildman–Crippen LogP) is 0.600. The first-order valence-corrected chi connectivity index (χ1v) is 4.89. The van der Waals surface area contributed by atoms with Crippen LogP contribution in [0.5, 0.6) is 0 Å². The van der Waals surface area contributed by atoms with Crippen molar-refractivity contribution in [3.63, 3.8) is 0 Å². The molecule has 0 aromatic heterocycles. The molecule has 1 heterocycles. The van der Waals surface area contributed by atoms with Gasteiger partial charge in [-0.25, -0.2) is 4.79 Å². The number of esters is 2. The van der Waals surface area contributed by atoms with Crippen LogP contribution >= 0.6 is 0 Å². The molecule has 0 aliphatic carbocycles. The summed E-state index contributed by atoms with van der Waals surface area (Å²) in [6, 6.07) is 0. The van der Waals surface area contributed by atoms with Crippen LogP contribution in [0.15, 0.2) is 0 Å². The van der Waals surface area contributed by atoms with Gasteiger partial charge in [0, 0.05) is 11.8 Å². The molecule has 1 fully saturated rings. The highest BCUT2D eigenvalue weighted by Crippen LogP contribution is 2.26. The molecule has 86 valence electrons. The zero-order valence-corrected chi connectivity index (χ0v) is 9.15. The van der Waals surface area contributed by atoms with Crippen LogP contribution in [0.25, 0.3) is 0 Å². The first kappa shape index (κ1) is 12.0. The van der Waals surface area contributed by atoms with Gasteiger partial charge in [-0.05, 0) is 6.42 Å². The lowest BCUT2D eigenvalue weighted by atomic mass is 9.95. The third kappa shape index (κ3) is 3.20. The Labute approximate surface area is 88.4 Å². The van der Waals surface area contributed by atoms with Crippen LogP contribution < -0.4 is 0 Å². The van der Waals surface area contributed by atoms with Crippen molar-refractivity contribution in [1.29, 1.82) is 0 Å². The van der Waals surface area contributed by atoms with E-state index in [2.05, 4.69) is 0 Å². The number of carbonyl (C=O) groups excluding carboxylic acids is 2. The number of cyclic esters (lactones) is 2. The summed E-state index contributed by atoms with van der Waals surface area (Å²) in [5, 5.41) is 9.30. The Morgan fingerprint density at radius 2 is 1.87 bits per heavy atom. The van der Waals surface area contributed by atoms with E-state index in [1.54, 1.807) is 20.8 Å². The topological polar surface area (TPSA) is 72.8 Å². The third-order valence-corrected chi connectivity index (χ3v) is 2.06. The summed E-state index contributed by atoms with van der Waals surface area (Å²) in [7, 11) is 0. The summed E-state index contributed by atoms with van der Waals surface area (Å²) >= 11 is 0. The monoisotopic (exact) mass is 216 g/mol. The summed E-state index contributed by atoms with van der Waals surface area (Å²) in [6.07, 6.45) is -2.09. The van der Waals surface area contributed by atoms with Crippen molar-refractivity contribution in [2.24, 2.45) is 5.41 Å². The average Bonchev–Trinajstić information content (AvgIpc) is 2.09. The van der Waals surface area contributed by atoms with E-state index >= 15 is 0 Å². The summed E-state index contributed by atoms with van der Waals surface area (Å²) in [5.41, 5.74) is -0.498. The Balaban J connectivity index is 2.78. The summed E-state index contributed by atoms with van der Waals surface area (Å²) in [5.74, 6) is -1.19. The van der Waals surface area contributed by atoms with Crippen LogP contribution in [0.4, 0.5) is 0 Å². The maximum atomic E-state index is 11.3. The Morgan fingerprint density at radius 1 is 1.27 bits per heavy atom. The van der Waals surface area contributed by atoms with Crippen molar-refractivity contribution in [3.05, 3.63) is 0 Å². The van der Waals surface area contributed by atoms with E-state index in [4.69, 9.17) is 9.47 Å². The lowest BCUT2D eigenvalue weighted by molar-refractivity contribution is -0.217. The second kappa shape index (κ2) is 4.18. The van der Waals surface area contributed by atoms with Gasteiger partial charge in [0.05, 0.1) is 0 Å². The zero-order chi connectivity index (χ0) is 11.6. The number of carbonyl (C=O) groups is 2. The van der Waals surface area contributed by atoms with Crippen molar-refractivity contribution in [2.45, 2.75) is 46.0 Å². The Kier molecular flexibility index (Phi) is 3.34. The molecule has 1 rings (SSSR count). The number of rotatable bonds is 0. The van der Waals surface area contributed by atoms with Gasteiger partial charge in [-0.2, -0.15) is 0 Å². The van der Waals surface area contributed by atoms with Crippen molar-refractivity contribution in [1.82, 2.24) is 0 Å². The molecule has 5 nitrogen and oxygen atoms in total. The van der Waals surface area contributed by atoms with E-state index in [0.29, 0.717) is 0 Å². The molecule has 0 spiro atoms. The molecule has 1 aliphatic rings. The molecule has 0 saturated carbocycles. The Bertz CT molecular complexity index is 265. The second-order valence-electron chi connectivity index (χ2n) is 4.68. The standard InChI is InChI=1S/C10H16O5/c1-10(2,3)9-14-7(12)5-4-6(11)8(13)15-9/h6,9,11H,4-5H2,1-3H3. The quantitative estimate of drug-likeness (QED) is 0.600. The van der Waals surface area contributed by atoms with Crippen molar-refractivity contribution < 1.29 is 24.2 Å². The van der Waals surface area contributed by atoms with Crippen LogP contribution in [0.3, 0.4) is 0 Å². The van der Waals surface area contributed by atoms with E-state index in [0.717, 1.165) is 0 Å². The molecule has 1 aliphatic heterocycles. The van der Waals surface area contributed by atoms with Gasteiger partial charge < -0.3 is 14.6 Å². The molecule has 0 amide bonds. The van der Waals surface area contributed by atoms with Crippen LogP contribution in [0.2, 0.25) is 0 Å². The first-order valence-electron chi connectivity index (χ1n) is 4.89. The molecule has 1 saturated heterocycles. The van der Waals surface area contributed by atoms with Gasteiger partial charge in [-0.15, -0.1) is 0 Å². The van der Waals surface area contributed by atoms with E-state index in [-0.39, 0.29) is 12.8 Å². The molecule has 0 radical (unpaired) electrons. The minimum Gasteiger partial charge on any atom is -0.425 e. The lowest BCUT2D eigenvalue weighted by Crippen LogP contribution is -2.41. The van der Waals surface area contributed by atoms with Gasteiger partial charge in [0.2, 0.25) is 0 Å².